The van der Waals surface area contributed by atoms with Crippen molar-refractivity contribution in [3.05, 3.63) is 17.8 Å². The zero-order valence-corrected chi connectivity index (χ0v) is 16.7. The van der Waals surface area contributed by atoms with E-state index >= 15 is 0 Å². The normalized spacial score (nSPS) is 25.6. The summed E-state index contributed by atoms with van der Waals surface area (Å²) in [5.41, 5.74) is 5.77. The Labute approximate surface area is 164 Å². The van der Waals surface area contributed by atoms with Crippen molar-refractivity contribution in [1.29, 1.82) is 0 Å². The van der Waals surface area contributed by atoms with Crippen LogP contribution in [0.15, 0.2) is 12.1 Å². The maximum atomic E-state index is 13.3. The summed E-state index contributed by atoms with van der Waals surface area (Å²) in [4.78, 5) is 6.53. The van der Waals surface area contributed by atoms with Crippen LogP contribution in [0.2, 0.25) is 0 Å². The van der Waals surface area contributed by atoms with Gasteiger partial charge in [-0.3, -0.25) is 0 Å². The fourth-order valence-corrected chi connectivity index (χ4v) is 4.26. The lowest BCUT2D eigenvalue weighted by atomic mass is 9.86. The Bertz CT molecular complexity index is 651. The van der Waals surface area contributed by atoms with Crippen LogP contribution in [0, 0.1) is 12.8 Å². The molecule has 0 radical (unpaired) electrons. The molecule has 5 nitrogen and oxygen atoms in total. The number of hydrogen-bond donors (Lipinski definition) is 2. The second-order valence-corrected chi connectivity index (χ2v) is 8.15. The van der Waals surface area contributed by atoms with Gasteiger partial charge in [0.1, 0.15) is 5.82 Å². The summed E-state index contributed by atoms with van der Waals surface area (Å²) >= 11 is 0. The fraction of sp³-hybridized carbons (Fsp3) is 0.750. The van der Waals surface area contributed by atoms with Crippen molar-refractivity contribution in [2.75, 3.05) is 37.0 Å². The minimum Gasteiger partial charge on any atom is -0.383 e. The summed E-state index contributed by atoms with van der Waals surface area (Å²) in [7, 11) is 1.14. The van der Waals surface area contributed by atoms with Gasteiger partial charge in [0.25, 0.3) is 0 Å². The first-order valence-corrected chi connectivity index (χ1v) is 10.1. The molecule has 2 fully saturated rings. The number of alkyl halides is 3. The Morgan fingerprint density at radius 2 is 1.86 bits per heavy atom. The van der Waals surface area contributed by atoms with E-state index in [9.17, 15) is 13.2 Å². The van der Waals surface area contributed by atoms with Gasteiger partial charge < -0.3 is 20.7 Å². The van der Waals surface area contributed by atoms with E-state index < -0.39 is 11.8 Å². The number of pyridine rings is 1. The van der Waals surface area contributed by atoms with Crippen molar-refractivity contribution in [2.45, 2.75) is 63.3 Å². The molecule has 2 heterocycles. The van der Waals surface area contributed by atoms with Gasteiger partial charge >= 0.3 is 6.18 Å². The van der Waals surface area contributed by atoms with E-state index in [0.29, 0.717) is 12.0 Å². The predicted molar refractivity (Wildman–Crippen MR) is 105 cm³/mol. The van der Waals surface area contributed by atoms with Gasteiger partial charge in [0.2, 0.25) is 0 Å². The molecule has 0 spiro atoms. The maximum Gasteiger partial charge on any atom is 0.417 e. The number of aromatic nitrogens is 1. The molecule has 0 atom stereocenters. The summed E-state index contributed by atoms with van der Waals surface area (Å²) < 4.78 is 44.9. The molecule has 0 unspecified atom stereocenters. The molecule has 1 aliphatic carbocycles. The van der Waals surface area contributed by atoms with Crippen LogP contribution in [0.5, 0.6) is 0 Å². The van der Waals surface area contributed by atoms with Crippen molar-refractivity contribution in [3.8, 4) is 0 Å². The number of hydrogen-bond acceptors (Lipinski definition) is 5. The molecule has 3 N–H and O–H groups in total. The van der Waals surface area contributed by atoms with Crippen LogP contribution >= 0.6 is 0 Å². The number of nitrogens with two attached hydrogens (primary N) is 1. The third kappa shape index (κ3) is 4.54. The Morgan fingerprint density at radius 1 is 1.21 bits per heavy atom. The molecule has 0 aromatic carbocycles. The first kappa shape index (κ1) is 21.2. The van der Waals surface area contributed by atoms with Crippen molar-refractivity contribution in [3.63, 3.8) is 0 Å². The summed E-state index contributed by atoms with van der Waals surface area (Å²) in [5.74, 6) is 1.35. The summed E-state index contributed by atoms with van der Waals surface area (Å²) in [6.07, 6.45) is -0.0697. The van der Waals surface area contributed by atoms with E-state index in [1.165, 1.54) is 0 Å². The first-order chi connectivity index (χ1) is 13.2. The molecule has 1 saturated carbocycles. The van der Waals surface area contributed by atoms with Crippen LogP contribution < -0.4 is 16.0 Å². The number of ether oxygens (including phenoxy) is 1. The van der Waals surface area contributed by atoms with Crippen LogP contribution in [-0.4, -0.2) is 49.5 Å². The van der Waals surface area contributed by atoms with Gasteiger partial charge in [-0.15, -0.1) is 0 Å². The summed E-state index contributed by atoms with van der Waals surface area (Å²) in [6, 6.07) is 4.21. The lowest BCUT2D eigenvalue weighted by molar-refractivity contribution is -0.276. The molecule has 1 aliphatic heterocycles. The van der Waals surface area contributed by atoms with Crippen molar-refractivity contribution < 1.29 is 17.9 Å². The minimum absolute atomic E-state index is 0.0858. The Balaban J connectivity index is 1.57. The van der Waals surface area contributed by atoms with Gasteiger partial charge in [0, 0.05) is 45.6 Å². The first-order valence-electron chi connectivity index (χ1n) is 10.1. The molecule has 8 heteroatoms. The van der Waals surface area contributed by atoms with Crippen molar-refractivity contribution >= 4 is 11.5 Å². The highest BCUT2D eigenvalue weighted by molar-refractivity contribution is 5.53. The number of nitrogens with one attached hydrogen (secondary N) is 1. The van der Waals surface area contributed by atoms with E-state index in [-0.39, 0.29) is 25.9 Å². The average molecular weight is 400 g/mol. The second-order valence-electron chi connectivity index (χ2n) is 8.15. The van der Waals surface area contributed by atoms with E-state index in [1.54, 1.807) is 0 Å². The molecule has 1 aromatic rings. The number of methoxy groups -OCH3 is 1. The smallest absolute Gasteiger partial charge is 0.383 e. The number of halogens is 3. The zero-order chi connectivity index (χ0) is 20.4. The topological polar surface area (TPSA) is 63.4 Å². The van der Waals surface area contributed by atoms with Gasteiger partial charge in [0.05, 0.1) is 11.4 Å². The molecular weight excluding hydrogens is 369 g/mol. The van der Waals surface area contributed by atoms with E-state index in [2.05, 4.69) is 10.3 Å². The van der Waals surface area contributed by atoms with Crippen LogP contribution in [0.4, 0.5) is 24.7 Å². The Kier molecular flexibility index (Phi) is 6.39. The molecule has 1 aromatic heterocycles. The average Bonchev–Trinajstić information content (AvgIpc) is 2.67. The third-order valence-electron chi connectivity index (χ3n) is 6.35. The lowest BCUT2D eigenvalue weighted by Crippen LogP contribution is -2.54. The van der Waals surface area contributed by atoms with Gasteiger partial charge in [-0.2, -0.15) is 13.2 Å². The highest BCUT2D eigenvalue weighted by atomic mass is 19.4. The number of aryl methyl sites for hydroxylation is 1. The molecule has 2 aliphatic rings. The van der Waals surface area contributed by atoms with Crippen LogP contribution in [0.25, 0.3) is 0 Å². The maximum absolute atomic E-state index is 13.3. The van der Waals surface area contributed by atoms with Crippen molar-refractivity contribution in [1.82, 2.24) is 4.98 Å². The Hall–Kier alpha value is -1.54. The highest BCUT2D eigenvalue weighted by Gasteiger charge is 2.56. The molecule has 0 amide bonds. The van der Waals surface area contributed by atoms with Crippen LogP contribution in [0.1, 0.15) is 44.2 Å². The molecule has 158 valence electrons. The predicted octanol–water partition coefficient (Wildman–Crippen LogP) is 3.87. The lowest BCUT2D eigenvalue weighted by Gasteiger charge is -2.42. The standard InChI is InChI=1S/C20H31F3N4O/c1-14-17(25-13-15-3-5-16(24)6-4-15)7-8-18(26-14)27-11-9-19(28-2,10-12-27)20(21,22)23/h7-8,15-16,25H,3-6,9-13,24H2,1-2H3. The number of nitrogens with zero attached hydrogens (tertiary/aromatic N) is 2. The van der Waals surface area contributed by atoms with Crippen LogP contribution in [-0.2, 0) is 4.74 Å². The molecule has 3 rings (SSSR count). The van der Waals surface area contributed by atoms with Gasteiger partial charge in [-0.25, -0.2) is 4.98 Å². The minimum atomic E-state index is -4.35. The van der Waals surface area contributed by atoms with E-state index in [1.807, 2.05) is 24.0 Å². The molecular formula is C20H31F3N4O. The van der Waals surface area contributed by atoms with Crippen molar-refractivity contribution in [2.24, 2.45) is 11.7 Å². The van der Waals surface area contributed by atoms with Gasteiger partial charge in [0.15, 0.2) is 5.60 Å². The van der Waals surface area contributed by atoms with E-state index in [4.69, 9.17) is 10.5 Å². The SMILES string of the molecule is COC1(C(F)(F)F)CCN(c2ccc(NCC3CCC(N)CC3)c(C)n2)CC1. The van der Waals surface area contributed by atoms with Gasteiger partial charge in [-0.1, -0.05) is 0 Å². The molecule has 28 heavy (non-hydrogen) atoms. The number of piperidine rings is 1. The third-order valence-corrected chi connectivity index (χ3v) is 6.35. The van der Waals surface area contributed by atoms with Crippen LogP contribution in [0.3, 0.4) is 0 Å². The zero-order valence-electron chi connectivity index (χ0n) is 16.7. The molecule has 1 saturated heterocycles. The fourth-order valence-electron chi connectivity index (χ4n) is 4.26. The number of anilines is 2. The summed E-state index contributed by atoms with van der Waals surface area (Å²) in [6.45, 7) is 3.38. The molecule has 0 bridgehead atoms. The van der Waals surface area contributed by atoms with Gasteiger partial charge in [-0.05, 0) is 50.7 Å². The van der Waals surface area contributed by atoms with E-state index in [0.717, 1.165) is 56.5 Å². The highest BCUT2D eigenvalue weighted by Crippen LogP contribution is 2.41. The summed E-state index contributed by atoms with van der Waals surface area (Å²) in [5, 5.41) is 3.48. The quantitative estimate of drug-likeness (QED) is 0.786. The Morgan fingerprint density at radius 3 is 2.39 bits per heavy atom. The number of rotatable bonds is 5. The second kappa shape index (κ2) is 8.45. The largest absolute Gasteiger partial charge is 0.417 e. The monoisotopic (exact) mass is 400 g/mol.